The average Bonchev–Trinajstić information content (AvgIpc) is 2.52. The summed E-state index contributed by atoms with van der Waals surface area (Å²) in [7, 11) is 1.59. The van der Waals surface area contributed by atoms with Crippen LogP contribution in [-0.4, -0.2) is 30.3 Å². The Balaban J connectivity index is 2.33. The smallest absolute Gasteiger partial charge is 0.236 e. The van der Waals surface area contributed by atoms with Crippen LogP contribution < -0.4 is 9.64 Å². The number of benzene rings is 1. The van der Waals surface area contributed by atoms with Crippen molar-refractivity contribution in [3.63, 3.8) is 0 Å². The van der Waals surface area contributed by atoms with Crippen LogP contribution in [0.5, 0.6) is 5.75 Å². The summed E-state index contributed by atoms with van der Waals surface area (Å²) in [6, 6.07) is 6.77. The van der Waals surface area contributed by atoms with Crippen LogP contribution in [0.4, 0.5) is 5.69 Å². The molecule has 1 aliphatic heterocycles. The van der Waals surface area contributed by atoms with Gasteiger partial charge in [0.2, 0.25) is 5.91 Å². The molecule has 1 amide bonds. The van der Waals surface area contributed by atoms with Crippen molar-refractivity contribution >= 4 is 11.6 Å². The van der Waals surface area contributed by atoms with E-state index in [0.717, 1.165) is 5.69 Å². The number of aliphatic hydroxyl groups is 1. The normalized spacial score (nSPS) is 22.0. The first kappa shape index (κ1) is 15.1. The number of methoxy groups -OCH3 is 1. The number of hydrogen-bond acceptors (Lipinski definition) is 3. The van der Waals surface area contributed by atoms with Gasteiger partial charge in [-0.15, -0.1) is 12.3 Å². The van der Waals surface area contributed by atoms with Crippen molar-refractivity contribution in [1.82, 2.24) is 0 Å². The number of hydrogen-bond donors (Lipinski definition) is 1. The Kier molecular flexibility index (Phi) is 4.32. The molecule has 1 aliphatic rings. The lowest BCUT2D eigenvalue weighted by Gasteiger charge is -2.48. The molecule has 21 heavy (non-hydrogen) atoms. The van der Waals surface area contributed by atoms with Crippen LogP contribution in [0.25, 0.3) is 0 Å². The van der Waals surface area contributed by atoms with Gasteiger partial charge in [0.25, 0.3) is 0 Å². The Hall–Kier alpha value is -2.29. The zero-order chi connectivity index (χ0) is 15.6. The number of nitrogens with zero attached hydrogens (tertiary/aromatic N) is 1. The summed E-state index contributed by atoms with van der Waals surface area (Å²) in [4.78, 5) is 13.8. The van der Waals surface area contributed by atoms with Gasteiger partial charge in [-0.25, -0.2) is 0 Å². The van der Waals surface area contributed by atoms with E-state index < -0.39 is 12.0 Å². The van der Waals surface area contributed by atoms with E-state index in [4.69, 9.17) is 4.74 Å². The zero-order valence-corrected chi connectivity index (χ0v) is 12.2. The summed E-state index contributed by atoms with van der Waals surface area (Å²) >= 11 is 0. The molecule has 0 saturated carbocycles. The highest BCUT2D eigenvalue weighted by molar-refractivity contribution is 6.04. The molecule has 1 fully saturated rings. The maximum atomic E-state index is 12.2. The molecule has 1 aromatic carbocycles. The van der Waals surface area contributed by atoms with E-state index in [0.29, 0.717) is 11.3 Å². The van der Waals surface area contributed by atoms with E-state index in [1.54, 1.807) is 49.3 Å². The maximum Gasteiger partial charge on any atom is 0.236 e. The highest BCUT2D eigenvalue weighted by Crippen LogP contribution is 2.37. The van der Waals surface area contributed by atoms with Gasteiger partial charge in [-0.05, 0) is 36.8 Å². The molecule has 2 rings (SSSR count). The molecule has 110 valence electrons. The summed E-state index contributed by atoms with van der Waals surface area (Å²) < 4.78 is 5.11. The third kappa shape index (κ3) is 2.51. The fraction of sp³-hybridized carbons (Fsp3) is 0.294. The molecule has 4 heteroatoms. The van der Waals surface area contributed by atoms with Crippen molar-refractivity contribution in [2.75, 3.05) is 12.0 Å². The van der Waals surface area contributed by atoms with Crippen molar-refractivity contribution in [3.8, 4) is 5.75 Å². The van der Waals surface area contributed by atoms with E-state index in [1.165, 1.54) is 0 Å². The number of carbonyl (C=O) groups excluding carboxylic acids is 1. The summed E-state index contributed by atoms with van der Waals surface area (Å²) in [5, 5.41) is 10.4. The minimum Gasteiger partial charge on any atom is -0.497 e. The molecular formula is C17H19NO3. The van der Waals surface area contributed by atoms with Gasteiger partial charge in [0, 0.05) is 5.69 Å². The molecule has 0 aromatic heterocycles. The number of aliphatic hydroxyl groups excluding tert-OH is 1. The van der Waals surface area contributed by atoms with Gasteiger partial charge in [-0.1, -0.05) is 12.7 Å². The van der Waals surface area contributed by atoms with Crippen LogP contribution in [-0.2, 0) is 4.79 Å². The predicted molar refractivity (Wildman–Crippen MR) is 82.3 cm³/mol. The zero-order valence-electron chi connectivity index (χ0n) is 12.2. The molecule has 1 heterocycles. The molecule has 3 atom stereocenters. The van der Waals surface area contributed by atoms with Crippen molar-refractivity contribution < 1.29 is 14.6 Å². The molecule has 0 bridgehead atoms. The third-order valence-electron chi connectivity index (χ3n) is 3.84. The van der Waals surface area contributed by atoms with E-state index in [9.17, 15) is 9.90 Å². The fourth-order valence-electron chi connectivity index (χ4n) is 2.51. The highest BCUT2D eigenvalue weighted by atomic mass is 16.5. The molecule has 0 unspecified atom stereocenters. The number of ether oxygens (including phenoxy) is 1. The maximum absolute atomic E-state index is 12.2. The number of amides is 1. The fourth-order valence-corrected chi connectivity index (χ4v) is 2.51. The Morgan fingerprint density at radius 2 is 2.10 bits per heavy atom. The largest absolute Gasteiger partial charge is 0.497 e. The van der Waals surface area contributed by atoms with Crippen LogP contribution in [0.3, 0.4) is 0 Å². The quantitative estimate of drug-likeness (QED) is 0.513. The summed E-state index contributed by atoms with van der Waals surface area (Å²) in [6.45, 7) is 8.97. The second kappa shape index (κ2) is 6.00. The first-order chi connectivity index (χ1) is 10.0. The third-order valence-corrected chi connectivity index (χ3v) is 3.84. The second-order valence-corrected chi connectivity index (χ2v) is 4.96. The Morgan fingerprint density at radius 1 is 1.48 bits per heavy atom. The summed E-state index contributed by atoms with van der Waals surface area (Å²) in [5.41, 5.74) is 4.02. The van der Waals surface area contributed by atoms with Crippen LogP contribution in [0, 0.1) is 5.92 Å². The van der Waals surface area contributed by atoms with Crippen LogP contribution in [0.15, 0.2) is 54.8 Å². The minimum atomic E-state index is -0.815. The van der Waals surface area contributed by atoms with Gasteiger partial charge in [-0.3, -0.25) is 4.79 Å². The standard InChI is InChI=1S/C17H19NO3/c1-5-11(3)16(19)15-14(6-2)17(20)18(15)12-7-9-13(21-4)10-8-12/h6-10,14-16,19H,1-2H2,3-4H3/t14-,15-,16-/m0/s1. The lowest BCUT2D eigenvalue weighted by Crippen LogP contribution is -2.65. The second-order valence-electron chi connectivity index (χ2n) is 4.96. The average molecular weight is 285 g/mol. The van der Waals surface area contributed by atoms with Gasteiger partial charge in [-0.2, -0.15) is 0 Å². The van der Waals surface area contributed by atoms with Crippen molar-refractivity contribution in [2.45, 2.75) is 19.1 Å². The van der Waals surface area contributed by atoms with Gasteiger partial charge >= 0.3 is 0 Å². The van der Waals surface area contributed by atoms with Crippen molar-refractivity contribution in [3.05, 3.63) is 54.8 Å². The molecule has 1 N–H and O–H groups in total. The number of rotatable bonds is 5. The first-order valence-electron chi connectivity index (χ1n) is 6.69. The van der Waals surface area contributed by atoms with E-state index >= 15 is 0 Å². The van der Waals surface area contributed by atoms with Crippen LogP contribution >= 0.6 is 0 Å². The summed E-state index contributed by atoms with van der Waals surface area (Å²) in [6.07, 6.45) is 0.761. The van der Waals surface area contributed by atoms with Crippen LogP contribution in [0.2, 0.25) is 0 Å². The highest BCUT2D eigenvalue weighted by Gasteiger charge is 2.50. The Bertz CT molecular complexity index is 599. The molecule has 0 aliphatic carbocycles. The van der Waals surface area contributed by atoms with Gasteiger partial charge < -0.3 is 14.7 Å². The molecule has 1 aromatic rings. The Morgan fingerprint density at radius 3 is 2.57 bits per heavy atom. The molecule has 1 saturated heterocycles. The van der Waals surface area contributed by atoms with Gasteiger partial charge in [0.05, 0.1) is 19.1 Å². The van der Waals surface area contributed by atoms with E-state index in [1.807, 2.05) is 0 Å². The topological polar surface area (TPSA) is 49.8 Å². The van der Waals surface area contributed by atoms with Gasteiger partial charge in [0.15, 0.2) is 0 Å². The van der Waals surface area contributed by atoms with E-state index in [2.05, 4.69) is 18.9 Å². The number of anilines is 1. The lowest BCUT2D eigenvalue weighted by molar-refractivity contribution is -0.130. The predicted octanol–water partition coefficient (Wildman–Crippen LogP) is 2.30. The molecule has 0 radical (unpaired) electrons. The number of carbonyl (C=O) groups is 1. The summed E-state index contributed by atoms with van der Waals surface area (Å²) in [5.74, 6) is 0.243. The Labute approximate surface area is 124 Å². The molecular weight excluding hydrogens is 266 g/mol. The number of β-lactam (4-membered cyclic amide) rings is 1. The van der Waals surface area contributed by atoms with Gasteiger partial charge in [0.1, 0.15) is 11.9 Å². The SMILES string of the molecule is C=C=C(C)[C@H](O)[C@@H]1[C@H](C=C)C(=O)N1c1ccc(OC)cc1. The van der Waals surface area contributed by atoms with Crippen molar-refractivity contribution in [1.29, 1.82) is 0 Å². The first-order valence-corrected chi connectivity index (χ1v) is 6.69. The molecule has 4 nitrogen and oxygen atoms in total. The lowest BCUT2D eigenvalue weighted by atomic mass is 9.81. The molecule has 0 spiro atoms. The van der Waals surface area contributed by atoms with E-state index in [-0.39, 0.29) is 11.9 Å². The minimum absolute atomic E-state index is 0.0731. The van der Waals surface area contributed by atoms with Crippen LogP contribution in [0.1, 0.15) is 6.92 Å². The van der Waals surface area contributed by atoms with Crippen molar-refractivity contribution in [2.24, 2.45) is 5.92 Å². The monoisotopic (exact) mass is 285 g/mol.